The maximum absolute atomic E-state index is 13.7. The van der Waals surface area contributed by atoms with E-state index < -0.39 is 10.0 Å². The highest BCUT2D eigenvalue weighted by molar-refractivity contribution is 7.89. The average Bonchev–Trinajstić information content (AvgIpc) is 3.33. The Bertz CT molecular complexity index is 1270. The van der Waals surface area contributed by atoms with Crippen LogP contribution in [-0.2, 0) is 10.0 Å². The molecule has 11 heteroatoms. The number of amides is 1. The maximum Gasteiger partial charge on any atom is 0.260 e. The second-order valence-electron chi connectivity index (χ2n) is 8.74. The summed E-state index contributed by atoms with van der Waals surface area (Å²) in [4.78, 5) is 22.6. The molecule has 1 aromatic heterocycles. The summed E-state index contributed by atoms with van der Waals surface area (Å²) in [5, 5.41) is 0.606. The third-order valence-electron chi connectivity index (χ3n) is 6.28. The van der Waals surface area contributed by atoms with Crippen LogP contribution in [0, 0.1) is 0 Å². The smallest absolute Gasteiger partial charge is 0.260 e. The minimum absolute atomic E-state index is 0. The molecule has 0 N–H and O–H groups in total. The van der Waals surface area contributed by atoms with E-state index in [2.05, 4.69) is 18.7 Å². The molecular formula is C27H39ClN4O4S2. The number of carbonyl (C=O) groups excluding carboxylic acids is 1. The Morgan fingerprint density at radius 2 is 1.55 bits per heavy atom. The topological polar surface area (TPSA) is 83.1 Å². The zero-order chi connectivity index (χ0) is 27.0. The first-order chi connectivity index (χ1) is 17.8. The monoisotopic (exact) mass is 582 g/mol. The number of sulfonamides is 1. The molecule has 1 heterocycles. The SMILES string of the molecule is CCCN(CCC)S(=O)(=O)c1ccc(C(=O)N(CCN(CC)CC)c2nc3cc(OC)ccc3s2)cc1.Cl. The normalized spacial score (nSPS) is 11.7. The number of thiazole rings is 1. The predicted octanol–water partition coefficient (Wildman–Crippen LogP) is 5.53. The highest BCUT2D eigenvalue weighted by Crippen LogP contribution is 2.32. The van der Waals surface area contributed by atoms with Gasteiger partial charge in [0.05, 0.1) is 22.2 Å². The van der Waals surface area contributed by atoms with Gasteiger partial charge < -0.3 is 9.64 Å². The zero-order valence-corrected chi connectivity index (χ0v) is 25.3. The molecule has 0 aliphatic heterocycles. The molecule has 0 bridgehead atoms. The summed E-state index contributed by atoms with van der Waals surface area (Å²) in [5.41, 5.74) is 1.20. The fraction of sp³-hybridized carbons (Fsp3) is 0.481. The van der Waals surface area contributed by atoms with Gasteiger partial charge in [-0.15, -0.1) is 12.4 Å². The van der Waals surface area contributed by atoms with Gasteiger partial charge in [-0.2, -0.15) is 4.31 Å². The number of hydrogen-bond donors (Lipinski definition) is 0. The molecule has 2 aromatic carbocycles. The van der Waals surface area contributed by atoms with Crippen LogP contribution in [0.1, 0.15) is 50.9 Å². The molecule has 0 saturated carbocycles. The summed E-state index contributed by atoms with van der Waals surface area (Å²) < 4.78 is 34.1. The van der Waals surface area contributed by atoms with Gasteiger partial charge in [-0.3, -0.25) is 9.69 Å². The summed E-state index contributed by atoms with van der Waals surface area (Å²) in [6, 6.07) is 12.0. The van der Waals surface area contributed by atoms with E-state index in [0.717, 1.165) is 36.1 Å². The van der Waals surface area contributed by atoms with E-state index in [9.17, 15) is 13.2 Å². The number of methoxy groups -OCH3 is 1. The average molecular weight is 583 g/mol. The van der Waals surface area contributed by atoms with Gasteiger partial charge in [-0.25, -0.2) is 13.4 Å². The van der Waals surface area contributed by atoms with Crippen molar-refractivity contribution in [1.29, 1.82) is 0 Å². The fourth-order valence-electron chi connectivity index (χ4n) is 4.13. The van der Waals surface area contributed by atoms with Crippen molar-refractivity contribution in [2.45, 2.75) is 45.4 Å². The van der Waals surface area contributed by atoms with Crippen molar-refractivity contribution in [3.8, 4) is 5.75 Å². The Labute approximate surface area is 237 Å². The van der Waals surface area contributed by atoms with Crippen molar-refractivity contribution < 1.29 is 17.9 Å². The lowest BCUT2D eigenvalue weighted by atomic mass is 10.2. The van der Waals surface area contributed by atoms with Gasteiger partial charge >= 0.3 is 0 Å². The molecule has 0 fully saturated rings. The fourth-order valence-corrected chi connectivity index (χ4v) is 6.72. The van der Waals surface area contributed by atoms with Crippen LogP contribution in [0.2, 0.25) is 0 Å². The first-order valence-electron chi connectivity index (χ1n) is 12.9. The van der Waals surface area contributed by atoms with Crippen molar-refractivity contribution in [2.75, 3.05) is 51.3 Å². The number of carbonyl (C=O) groups is 1. The minimum atomic E-state index is -3.61. The number of halogens is 1. The highest BCUT2D eigenvalue weighted by atomic mass is 35.5. The van der Waals surface area contributed by atoms with E-state index in [1.165, 1.54) is 27.8 Å². The molecule has 0 saturated heterocycles. The first-order valence-corrected chi connectivity index (χ1v) is 15.1. The van der Waals surface area contributed by atoms with Gasteiger partial charge in [-0.05, 0) is 62.3 Å². The Kier molecular flexibility index (Phi) is 12.4. The van der Waals surface area contributed by atoms with E-state index in [-0.39, 0.29) is 23.2 Å². The third kappa shape index (κ3) is 7.45. The molecule has 3 rings (SSSR count). The molecule has 210 valence electrons. The Morgan fingerprint density at radius 3 is 2.11 bits per heavy atom. The van der Waals surface area contributed by atoms with E-state index >= 15 is 0 Å². The van der Waals surface area contributed by atoms with Crippen LogP contribution in [0.15, 0.2) is 47.4 Å². The second-order valence-corrected chi connectivity index (χ2v) is 11.7. The zero-order valence-electron chi connectivity index (χ0n) is 22.8. The summed E-state index contributed by atoms with van der Waals surface area (Å²) >= 11 is 1.45. The first kappa shape index (κ1) is 32.0. The number of anilines is 1. The van der Waals surface area contributed by atoms with Crippen molar-refractivity contribution in [3.05, 3.63) is 48.0 Å². The molecule has 0 radical (unpaired) electrons. The third-order valence-corrected chi connectivity index (χ3v) is 9.25. The lowest BCUT2D eigenvalue weighted by Gasteiger charge is -2.25. The Hall–Kier alpha value is -2.24. The highest BCUT2D eigenvalue weighted by Gasteiger charge is 2.25. The number of benzene rings is 2. The molecule has 8 nitrogen and oxygen atoms in total. The number of ether oxygens (including phenoxy) is 1. The molecule has 1 amide bonds. The number of rotatable bonds is 14. The Balaban J connectivity index is 0.00000507. The second kappa shape index (κ2) is 14.8. The van der Waals surface area contributed by atoms with Crippen LogP contribution in [0.4, 0.5) is 5.13 Å². The number of fused-ring (bicyclic) bond motifs is 1. The summed E-state index contributed by atoms with van der Waals surface area (Å²) in [6.45, 7) is 12.0. The van der Waals surface area contributed by atoms with Crippen molar-refractivity contribution in [3.63, 3.8) is 0 Å². The molecule has 0 spiro atoms. The van der Waals surface area contributed by atoms with Crippen LogP contribution in [0.25, 0.3) is 10.2 Å². The van der Waals surface area contributed by atoms with Crippen molar-refractivity contribution in [2.24, 2.45) is 0 Å². The summed E-state index contributed by atoms with van der Waals surface area (Å²) in [7, 11) is -2.00. The van der Waals surface area contributed by atoms with Crippen molar-refractivity contribution >= 4 is 55.0 Å². The molecule has 0 atom stereocenters. The lowest BCUT2D eigenvalue weighted by molar-refractivity contribution is 0.0983. The van der Waals surface area contributed by atoms with Crippen LogP contribution in [0.5, 0.6) is 5.75 Å². The predicted molar refractivity (Wildman–Crippen MR) is 159 cm³/mol. The number of aromatic nitrogens is 1. The van der Waals surface area contributed by atoms with Crippen LogP contribution in [0.3, 0.4) is 0 Å². The molecule has 0 aliphatic carbocycles. The minimum Gasteiger partial charge on any atom is -0.497 e. The summed E-state index contributed by atoms with van der Waals surface area (Å²) in [6.07, 6.45) is 1.48. The molecule has 3 aromatic rings. The van der Waals surface area contributed by atoms with Gasteiger partial charge in [0.25, 0.3) is 5.91 Å². The Morgan fingerprint density at radius 1 is 0.921 bits per heavy atom. The van der Waals surface area contributed by atoms with E-state index in [1.54, 1.807) is 24.1 Å². The number of likely N-dealkylation sites (N-methyl/N-ethyl adjacent to an activating group) is 1. The van der Waals surface area contributed by atoms with Crippen LogP contribution >= 0.6 is 23.7 Å². The van der Waals surface area contributed by atoms with Crippen LogP contribution in [-0.4, -0.2) is 74.9 Å². The van der Waals surface area contributed by atoms with Gasteiger partial charge in [-0.1, -0.05) is 39.0 Å². The molecular weight excluding hydrogens is 544 g/mol. The van der Waals surface area contributed by atoms with Gasteiger partial charge in [0, 0.05) is 37.8 Å². The molecule has 38 heavy (non-hydrogen) atoms. The van der Waals surface area contributed by atoms with Gasteiger partial charge in [0.15, 0.2) is 5.13 Å². The quantitative estimate of drug-likeness (QED) is 0.249. The van der Waals surface area contributed by atoms with Gasteiger partial charge in [0.1, 0.15) is 5.75 Å². The molecule has 0 aliphatic rings. The van der Waals surface area contributed by atoms with E-state index in [0.29, 0.717) is 42.6 Å². The number of nitrogens with zero attached hydrogens (tertiary/aromatic N) is 4. The van der Waals surface area contributed by atoms with Gasteiger partial charge in [0.2, 0.25) is 10.0 Å². The van der Waals surface area contributed by atoms with Crippen molar-refractivity contribution in [1.82, 2.24) is 14.2 Å². The maximum atomic E-state index is 13.7. The summed E-state index contributed by atoms with van der Waals surface area (Å²) in [5.74, 6) is 0.503. The lowest BCUT2D eigenvalue weighted by Crippen LogP contribution is -2.39. The van der Waals surface area contributed by atoms with Crippen LogP contribution < -0.4 is 9.64 Å². The largest absolute Gasteiger partial charge is 0.497 e. The number of hydrogen-bond acceptors (Lipinski definition) is 7. The molecule has 0 unspecified atom stereocenters. The van der Waals surface area contributed by atoms with E-state index in [1.807, 2.05) is 32.0 Å². The van der Waals surface area contributed by atoms with E-state index in [4.69, 9.17) is 9.72 Å². The standard InChI is InChI=1S/C27H38N4O4S2.ClH/c1-6-16-30(17-7-2)37(33,34)23-13-10-21(11-14-23)26(32)31(19-18-29(8-3)9-4)27-28-24-20-22(35-5)12-15-25(24)36-27;/h10-15,20H,6-9,16-19H2,1-5H3;1H.